The van der Waals surface area contributed by atoms with Crippen molar-refractivity contribution in [3.63, 3.8) is 0 Å². The van der Waals surface area contributed by atoms with Crippen molar-refractivity contribution in [1.82, 2.24) is 0 Å². The van der Waals surface area contributed by atoms with Gasteiger partial charge in [-0.1, -0.05) is 22.0 Å². The average Bonchev–Trinajstić information content (AvgIpc) is 2.36. The highest BCUT2D eigenvalue weighted by molar-refractivity contribution is 9.10. The van der Waals surface area contributed by atoms with Gasteiger partial charge in [-0.3, -0.25) is 4.72 Å². The monoisotopic (exact) mass is 397 g/mol. The molecule has 3 nitrogen and oxygen atoms in total. The molecule has 0 aliphatic carbocycles. The molecule has 0 saturated heterocycles. The lowest BCUT2D eigenvalue weighted by molar-refractivity contribution is -0.138. The number of nitrogens with one attached hydrogen (secondary N) is 1. The van der Waals surface area contributed by atoms with Crippen LogP contribution in [0.25, 0.3) is 0 Å². The van der Waals surface area contributed by atoms with Gasteiger partial charge in [0.25, 0.3) is 10.0 Å². The molecule has 22 heavy (non-hydrogen) atoms. The topological polar surface area (TPSA) is 46.2 Å². The highest BCUT2D eigenvalue weighted by Gasteiger charge is 2.34. The van der Waals surface area contributed by atoms with Crippen LogP contribution in [0, 0.1) is 5.82 Å². The molecule has 0 aromatic heterocycles. The molecule has 0 aliphatic heterocycles. The van der Waals surface area contributed by atoms with E-state index in [2.05, 4.69) is 15.9 Å². The Morgan fingerprint density at radius 1 is 1.05 bits per heavy atom. The third-order valence-electron chi connectivity index (χ3n) is 2.63. The van der Waals surface area contributed by atoms with E-state index in [1.54, 1.807) is 0 Å². The second-order valence-corrected chi connectivity index (χ2v) is 6.79. The molecular weight excluding hydrogens is 390 g/mol. The Labute approximate surface area is 132 Å². The number of halogens is 5. The van der Waals surface area contributed by atoms with Crippen LogP contribution in [0.2, 0.25) is 0 Å². The van der Waals surface area contributed by atoms with Crippen LogP contribution >= 0.6 is 15.9 Å². The van der Waals surface area contributed by atoms with Gasteiger partial charge in [0.2, 0.25) is 0 Å². The Hall–Kier alpha value is -1.61. The zero-order chi connectivity index (χ0) is 16.5. The molecule has 9 heteroatoms. The van der Waals surface area contributed by atoms with Crippen molar-refractivity contribution in [3.05, 3.63) is 58.3 Å². The third kappa shape index (κ3) is 3.77. The van der Waals surface area contributed by atoms with E-state index in [-0.39, 0.29) is 10.2 Å². The van der Waals surface area contributed by atoms with Crippen LogP contribution in [0.1, 0.15) is 5.56 Å². The number of hydrogen-bond acceptors (Lipinski definition) is 2. The van der Waals surface area contributed by atoms with E-state index < -0.39 is 32.5 Å². The fourth-order valence-corrected chi connectivity index (χ4v) is 3.20. The molecule has 118 valence electrons. The summed E-state index contributed by atoms with van der Waals surface area (Å²) in [6, 6.07) is 7.09. The lowest BCUT2D eigenvalue weighted by Gasteiger charge is -2.12. The molecule has 0 aliphatic rings. The number of anilines is 1. The van der Waals surface area contributed by atoms with E-state index in [0.29, 0.717) is 6.07 Å². The van der Waals surface area contributed by atoms with E-state index in [0.717, 1.165) is 24.3 Å². The van der Waals surface area contributed by atoms with Crippen LogP contribution in [0.3, 0.4) is 0 Å². The molecule has 2 aromatic rings. The van der Waals surface area contributed by atoms with Crippen LogP contribution in [0.15, 0.2) is 51.8 Å². The lowest BCUT2D eigenvalue weighted by atomic mass is 10.2. The third-order valence-corrected chi connectivity index (χ3v) is 4.70. The fourth-order valence-electron chi connectivity index (χ4n) is 1.65. The predicted molar refractivity (Wildman–Crippen MR) is 76.4 cm³/mol. The molecule has 0 spiro atoms. The Morgan fingerprint density at radius 3 is 2.32 bits per heavy atom. The second-order valence-electron chi connectivity index (χ2n) is 4.26. The first-order chi connectivity index (χ1) is 10.1. The summed E-state index contributed by atoms with van der Waals surface area (Å²) >= 11 is 2.72. The first-order valence-electron chi connectivity index (χ1n) is 5.75. The molecule has 0 amide bonds. The average molecular weight is 398 g/mol. The second kappa shape index (κ2) is 5.88. The highest BCUT2D eigenvalue weighted by Crippen LogP contribution is 2.36. The van der Waals surface area contributed by atoms with E-state index in [1.165, 1.54) is 12.1 Å². The number of hydrogen-bond donors (Lipinski definition) is 1. The molecule has 2 aromatic carbocycles. The minimum absolute atomic E-state index is 0.0866. The quantitative estimate of drug-likeness (QED) is 0.779. The van der Waals surface area contributed by atoms with Gasteiger partial charge in [0, 0.05) is 4.47 Å². The van der Waals surface area contributed by atoms with E-state index in [9.17, 15) is 26.0 Å². The first kappa shape index (κ1) is 16.8. The molecule has 0 atom stereocenters. The SMILES string of the molecule is O=S(=O)(Nc1cccc(F)c1)c1ccc(Br)c(C(F)(F)F)c1. The maximum atomic E-state index is 13.0. The molecular formula is C13H8BrF4NO2S. The maximum absolute atomic E-state index is 13.0. The number of alkyl halides is 3. The molecule has 0 radical (unpaired) electrons. The molecule has 0 fully saturated rings. The summed E-state index contributed by atoms with van der Waals surface area (Å²) in [5.74, 6) is -0.674. The minimum Gasteiger partial charge on any atom is -0.280 e. The molecule has 2 rings (SSSR count). The van der Waals surface area contributed by atoms with Crippen LogP contribution in [-0.4, -0.2) is 8.42 Å². The smallest absolute Gasteiger partial charge is 0.280 e. The van der Waals surface area contributed by atoms with Gasteiger partial charge in [-0.05, 0) is 36.4 Å². The number of benzene rings is 2. The number of sulfonamides is 1. The largest absolute Gasteiger partial charge is 0.417 e. The maximum Gasteiger partial charge on any atom is 0.417 e. The summed E-state index contributed by atoms with van der Waals surface area (Å²) in [7, 11) is -4.27. The zero-order valence-electron chi connectivity index (χ0n) is 10.7. The van der Waals surface area contributed by atoms with Gasteiger partial charge < -0.3 is 0 Å². The van der Waals surface area contributed by atoms with Gasteiger partial charge in [-0.25, -0.2) is 12.8 Å². The summed E-state index contributed by atoms with van der Waals surface area (Å²) in [6.45, 7) is 0. The normalized spacial score (nSPS) is 12.2. The molecule has 0 unspecified atom stereocenters. The van der Waals surface area contributed by atoms with Crippen molar-refractivity contribution in [1.29, 1.82) is 0 Å². The lowest BCUT2D eigenvalue weighted by Crippen LogP contribution is -2.15. The highest BCUT2D eigenvalue weighted by atomic mass is 79.9. The summed E-state index contributed by atoms with van der Waals surface area (Å²) in [5.41, 5.74) is -1.20. The van der Waals surface area contributed by atoms with Gasteiger partial charge >= 0.3 is 6.18 Å². The van der Waals surface area contributed by atoms with Crippen LogP contribution < -0.4 is 4.72 Å². The summed E-state index contributed by atoms with van der Waals surface area (Å²) in [6.07, 6.45) is -4.71. The van der Waals surface area contributed by atoms with Crippen molar-refractivity contribution in [3.8, 4) is 0 Å². The fraction of sp³-hybridized carbons (Fsp3) is 0.0769. The van der Waals surface area contributed by atoms with Crippen LogP contribution in [0.4, 0.5) is 23.2 Å². The van der Waals surface area contributed by atoms with Crippen molar-refractivity contribution >= 4 is 31.6 Å². The summed E-state index contributed by atoms with van der Waals surface area (Å²) in [4.78, 5) is -0.577. The van der Waals surface area contributed by atoms with Gasteiger partial charge in [0.05, 0.1) is 16.1 Å². The van der Waals surface area contributed by atoms with E-state index in [1.807, 2.05) is 4.72 Å². The van der Waals surface area contributed by atoms with Crippen LogP contribution in [-0.2, 0) is 16.2 Å². The summed E-state index contributed by atoms with van der Waals surface area (Å²) in [5, 5.41) is 0. The van der Waals surface area contributed by atoms with E-state index in [4.69, 9.17) is 0 Å². The Morgan fingerprint density at radius 2 is 1.73 bits per heavy atom. The molecule has 0 heterocycles. The molecule has 0 saturated carbocycles. The Kier molecular flexibility index (Phi) is 4.48. The van der Waals surface area contributed by atoms with Crippen molar-refractivity contribution in [2.75, 3.05) is 4.72 Å². The van der Waals surface area contributed by atoms with Gasteiger partial charge in [0.1, 0.15) is 5.82 Å². The standard InChI is InChI=1S/C13H8BrF4NO2S/c14-12-5-4-10(7-11(12)13(16,17)18)22(20,21)19-9-3-1-2-8(15)6-9/h1-7,19H. The predicted octanol–water partition coefficient (Wildman–Crippen LogP) is 4.41. The molecule has 0 bridgehead atoms. The van der Waals surface area contributed by atoms with Crippen molar-refractivity contribution in [2.24, 2.45) is 0 Å². The van der Waals surface area contributed by atoms with Gasteiger partial charge in [-0.15, -0.1) is 0 Å². The van der Waals surface area contributed by atoms with Gasteiger partial charge in [0.15, 0.2) is 0 Å². The van der Waals surface area contributed by atoms with Gasteiger partial charge in [-0.2, -0.15) is 13.2 Å². The van der Waals surface area contributed by atoms with Crippen molar-refractivity contribution in [2.45, 2.75) is 11.1 Å². The van der Waals surface area contributed by atoms with Crippen molar-refractivity contribution < 1.29 is 26.0 Å². The Balaban J connectivity index is 2.42. The Bertz CT molecular complexity index is 806. The zero-order valence-corrected chi connectivity index (χ0v) is 13.1. The minimum atomic E-state index is -4.71. The summed E-state index contributed by atoms with van der Waals surface area (Å²) < 4.78 is 77.4. The molecule has 1 N–H and O–H groups in total. The first-order valence-corrected chi connectivity index (χ1v) is 8.02. The number of rotatable bonds is 3. The van der Waals surface area contributed by atoms with E-state index >= 15 is 0 Å². The van der Waals surface area contributed by atoms with Crippen LogP contribution in [0.5, 0.6) is 0 Å².